The van der Waals surface area contributed by atoms with E-state index in [9.17, 15) is 39.6 Å². The standard InChI is InChI=1S/C36H36F6N4O3S/c1-50(48,49)27-13-14-30-28(21-27)31(34(47)44-33(36(40,41)42)24-7-3-2-4-8-24)29(22-45-19-15-26(16-20-45)46-17-5-6-18-46)32(43-30)23-9-11-25(12-10-23)35(37,38)39/h2-4,7-14,21,26,33H,5-6,15-20,22H2,1H3,(H,44,47). The first-order valence-corrected chi connectivity index (χ1v) is 18.2. The Morgan fingerprint density at radius 1 is 0.900 bits per heavy atom. The van der Waals surface area contributed by atoms with Crippen LogP contribution < -0.4 is 5.32 Å². The van der Waals surface area contributed by atoms with Crippen LogP contribution in [0.4, 0.5) is 26.3 Å². The van der Waals surface area contributed by atoms with Gasteiger partial charge in [0, 0.05) is 35.4 Å². The molecule has 3 aromatic carbocycles. The van der Waals surface area contributed by atoms with E-state index >= 15 is 0 Å². The Morgan fingerprint density at radius 2 is 1.54 bits per heavy atom. The van der Waals surface area contributed by atoms with E-state index in [0.29, 0.717) is 19.1 Å². The van der Waals surface area contributed by atoms with Gasteiger partial charge in [-0.3, -0.25) is 9.69 Å². The molecule has 1 N–H and O–H groups in total. The number of sulfone groups is 1. The number of benzene rings is 3. The quantitative estimate of drug-likeness (QED) is 0.191. The second-order valence-corrected chi connectivity index (χ2v) is 15.0. The molecule has 1 amide bonds. The molecule has 2 aliphatic rings. The maximum atomic E-state index is 14.5. The van der Waals surface area contributed by atoms with Gasteiger partial charge in [0.2, 0.25) is 0 Å². The van der Waals surface area contributed by atoms with Gasteiger partial charge >= 0.3 is 12.4 Å². The number of piperidine rings is 1. The van der Waals surface area contributed by atoms with Crippen molar-refractivity contribution >= 4 is 26.6 Å². The number of pyridine rings is 1. The molecule has 2 fully saturated rings. The highest BCUT2D eigenvalue weighted by atomic mass is 32.2. The minimum atomic E-state index is -4.90. The molecule has 0 spiro atoms. The molecule has 4 aromatic rings. The zero-order chi connectivity index (χ0) is 35.8. The van der Waals surface area contributed by atoms with Gasteiger partial charge in [-0.15, -0.1) is 0 Å². The van der Waals surface area contributed by atoms with Crippen molar-refractivity contribution in [2.75, 3.05) is 32.4 Å². The van der Waals surface area contributed by atoms with Crippen LogP contribution in [0.5, 0.6) is 0 Å². The maximum Gasteiger partial charge on any atom is 0.416 e. The van der Waals surface area contributed by atoms with Crippen LogP contribution in [-0.2, 0) is 22.6 Å². The monoisotopic (exact) mass is 718 g/mol. The van der Waals surface area contributed by atoms with Gasteiger partial charge in [0.25, 0.3) is 5.91 Å². The maximum absolute atomic E-state index is 14.5. The number of aromatic nitrogens is 1. The summed E-state index contributed by atoms with van der Waals surface area (Å²) >= 11 is 0. The van der Waals surface area contributed by atoms with Gasteiger partial charge in [-0.2, -0.15) is 26.3 Å². The molecule has 0 aliphatic carbocycles. The highest BCUT2D eigenvalue weighted by Crippen LogP contribution is 2.38. The molecule has 50 heavy (non-hydrogen) atoms. The zero-order valence-corrected chi connectivity index (χ0v) is 28.0. The molecule has 6 rings (SSSR count). The van der Waals surface area contributed by atoms with Crippen LogP contribution in [0.15, 0.2) is 77.7 Å². The predicted octanol–water partition coefficient (Wildman–Crippen LogP) is 7.42. The molecule has 266 valence electrons. The van der Waals surface area contributed by atoms with Crippen LogP contribution >= 0.6 is 0 Å². The molecule has 14 heteroatoms. The van der Waals surface area contributed by atoms with Crippen LogP contribution in [0.25, 0.3) is 22.2 Å². The Kier molecular flexibility index (Phi) is 9.99. The molecular weight excluding hydrogens is 682 g/mol. The fourth-order valence-electron chi connectivity index (χ4n) is 6.96. The van der Waals surface area contributed by atoms with Gasteiger partial charge in [-0.25, -0.2) is 13.4 Å². The normalized spacial score (nSPS) is 17.7. The van der Waals surface area contributed by atoms with Crippen LogP contribution in [-0.4, -0.2) is 73.8 Å². The van der Waals surface area contributed by atoms with E-state index in [2.05, 4.69) is 15.1 Å². The summed E-state index contributed by atoms with van der Waals surface area (Å²) < 4.78 is 109. The summed E-state index contributed by atoms with van der Waals surface area (Å²) in [5.74, 6) is -1.12. The number of amides is 1. The predicted molar refractivity (Wildman–Crippen MR) is 177 cm³/mol. The van der Waals surface area contributed by atoms with Crippen molar-refractivity contribution in [3.05, 3.63) is 95.1 Å². The zero-order valence-electron chi connectivity index (χ0n) is 27.2. The fraction of sp³-hybridized carbons (Fsp3) is 0.389. The third-order valence-corrected chi connectivity index (χ3v) is 10.6. The van der Waals surface area contributed by atoms with Gasteiger partial charge in [0.1, 0.15) is 0 Å². The second kappa shape index (κ2) is 14.0. The van der Waals surface area contributed by atoms with Crippen LogP contribution in [0, 0.1) is 0 Å². The number of rotatable bonds is 8. The lowest BCUT2D eigenvalue weighted by molar-refractivity contribution is -0.155. The summed E-state index contributed by atoms with van der Waals surface area (Å²) in [7, 11) is -3.82. The molecule has 1 unspecified atom stereocenters. The van der Waals surface area contributed by atoms with E-state index in [-0.39, 0.29) is 50.3 Å². The third kappa shape index (κ3) is 7.82. The van der Waals surface area contributed by atoms with E-state index in [1.54, 1.807) is 6.07 Å². The van der Waals surface area contributed by atoms with Gasteiger partial charge in [-0.05, 0) is 87.8 Å². The van der Waals surface area contributed by atoms with Crippen LogP contribution in [0.2, 0.25) is 0 Å². The van der Waals surface area contributed by atoms with Crippen molar-refractivity contribution in [3.63, 3.8) is 0 Å². The molecule has 7 nitrogen and oxygen atoms in total. The molecular formula is C36H36F6N4O3S. The first-order valence-electron chi connectivity index (χ1n) is 16.3. The average Bonchev–Trinajstić information content (AvgIpc) is 3.61. The summed E-state index contributed by atoms with van der Waals surface area (Å²) in [4.78, 5) is 23.4. The number of halogens is 6. The van der Waals surface area contributed by atoms with Gasteiger partial charge < -0.3 is 10.2 Å². The summed E-state index contributed by atoms with van der Waals surface area (Å²) in [5, 5.41) is 2.17. The second-order valence-electron chi connectivity index (χ2n) is 12.9. The SMILES string of the molecule is CS(=O)(=O)c1ccc2nc(-c3ccc(C(F)(F)F)cc3)c(CN3CCC(N4CCCC4)CC3)c(C(=O)NC(c3ccccc3)C(F)(F)F)c2c1. The van der Waals surface area contributed by atoms with Gasteiger partial charge in [-0.1, -0.05) is 42.5 Å². The minimum absolute atomic E-state index is 0.0111. The molecule has 2 aliphatic heterocycles. The summed E-state index contributed by atoms with van der Waals surface area (Å²) in [6.45, 7) is 3.29. The van der Waals surface area contributed by atoms with Crippen LogP contribution in [0.1, 0.15) is 58.8 Å². The van der Waals surface area contributed by atoms with E-state index < -0.39 is 39.7 Å². The number of alkyl halides is 6. The van der Waals surface area contributed by atoms with Gasteiger partial charge in [0.05, 0.1) is 27.2 Å². The number of hydrogen-bond donors (Lipinski definition) is 1. The lowest BCUT2D eigenvalue weighted by Gasteiger charge is -2.37. The van der Waals surface area contributed by atoms with Crippen molar-refractivity contribution < 1.29 is 39.6 Å². The number of carbonyl (C=O) groups excluding carboxylic acids is 1. The van der Waals surface area contributed by atoms with Crippen LogP contribution in [0.3, 0.4) is 0 Å². The average molecular weight is 719 g/mol. The Balaban J connectivity index is 1.52. The number of nitrogens with one attached hydrogen (secondary N) is 1. The Bertz CT molecular complexity index is 1950. The Hall–Kier alpha value is -4.01. The molecule has 0 radical (unpaired) electrons. The number of hydrogen-bond acceptors (Lipinski definition) is 6. The van der Waals surface area contributed by atoms with Crippen molar-refractivity contribution in [3.8, 4) is 11.3 Å². The van der Waals surface area contributed by atoms with Crippen molar-refractivity contribution in [2.24, 2.45) is 0 Å². The fourth-order valence-corrected chi connectivity index (χ4v) is 7.60. The first kappa shape index (κ1) is 35.8. The van der Waals surface area contributed by atoms with E-state index in [0.717, 1.165) is 57.2 Å². The number of nitrogens with zero attached hydrogens (tertiary/aromatic N) is 3. The molecule has 3 heterocycles. The van der Waals surface area contributed by atoms with E-state index in [4.69, 9.17) is 4.98 Å². The highest BCUT2D eigenvalue weighted by molar-refractivity contribution is 7.90. The highest BCUT2D eigenvalue weighted by Gasteiger charge is 2.43. The van der Waals surface area contributed by atoms with Crippen molar-refractivity contribution in [1.82, 2.24) is 20.1 Å². The van der Waals surface area contributed by atoms with E-state index in [1.807, 2.05) is 0 Å². The summed E-state index contributed by atoms with van der Waals surface area (Å²) in [6, 6.07) is 12.9. The number of carbonyl (C=O) groups is 1. The number of likely N-dealkylation sites (tertiary alicyclic amines) is 2. The summed E-state index contributed by atoms with van der Waals surface area (Å²) in [6.07, 6.45) is -4.63. The molecule has 2 saturated heterocycles. The van der Waals surface area contributed by atoms with E-state index in [1.165, 1.54) is 54.6 Å². The van der Waals surface area contributed by atoms with Gasteiger partial charge in [0.15, 0.2) is 15.9 Å². The summed E-state index contributed by atoms with van der Waals surface area (Å²) in [5.41, 5.74) is -0.711. The molecule has 0 bridgehead atoms. The lowest BCUT2D eigenvalue weighted by atomic mass is 9.93. The van der Waals surface area contributed by atoms with Crippen molar-refractivity contribution in [2.45, 2.75) is 61.6 Å². The Labute approximate surface area is 286 Å². The molecule has 0 saturated carbocycles. The largest absolute Gasteiger partial charge is 0.416 e. The number of fused-ring (bicyclic) bond motifs is 1. The smallest absolute Gasteiger partial charge is 0.337 e. The lowest BCUT2D eigenvalue weighted by Crippen LogP contribution is -2.44. The topological polar surface area (TPSA) is 82.6 Å². The third-order valence-electron chi connectivity index (χ3n) is 9.53. The molecule has 1 atom stereocenters. The van der Waals surface area contributed by atoms with Crippen molar-refractivity contribution in [1.29, 1.82) is 0 Å². The minimum Gasteiger partial charge on any atom is -0.337 e. The first-order chi connectivity index (χ1) is 23.6. The molecule has 1 aromatic heterocycles. The Morgan fingerprint density at radius 3 is 2.12 bits per heavy atom.